The van der Waals surface area contributed by atoms with E-state index in [4.69, 9.17) is 5.11 Å². The monoisotopic (exact) mass is 329 g/mol. The number of halogens is 3. The predicted octanol–water partition coefficient (Wildman–Crippen LogP) is 2.33. The number of aromatic carboxylic acids is 1. The van der Waals surface area contributed by atoms with Crippen LogP contribution in [0.15, 0.2) is 6.07 Å². The summed E-state index contributed by atoms with van der Waals surface area (Å²) in [6.45, 7) is 0. The second-order valence-corrected chi connectivity index (χ2v) is 3.63. The number of carbonyl (C=O) groups is 1. The lowest BCUT2D eigenvalue weighted by Gasteiger charge is -2.10. The van der Waals surface area contributed by atoms with Crippen LogP contribution in [0.4, 0.5) is 8.78 Å². The molecule has 1 rings (SSSR count). The van der Waals surface area contributed by atoms with Gasteiger partial charge in [0.2, 0.25) is 0 Å². The number of hydrogen-bond acceptors (Lipinski definition) is 3. The van der Waals surface area contributed by atoms with Crippen LogP contribution in [0.2, 0.25) is 0 Å². The Morgan fingerprint density at radius 3 is 2.67 bits per heavy atom. The summed E-state index contributed by atoms with van der Waals surface area (Å²) in [6.07, 6.45) is -2.80. The fraction of sp³-hybridized carbons (Fsp3) is 0.250. The number of nitrogens with zero attached hydrogens (tertiary/aromatic N) is 1. The van der Waals surface area contributed by atoms with Crippen LogP contribution in [0.25, 0.3) is 0 Å². The Morgan fingerprint density at radius 1 is 1.67 bits per heavy atom. The van der Waals surface area contributed by atoms with E-state index in [1.807, 2.05) is 0 Å². The summed E-state index contributed by atoms with van der Waals surface area (Å²) in [5, 5.41) is 8.74. The van der Waals surface area contributed by atoms with Gasteiger partial charge in [0, 0.05) is 0 Å². The minimum Gasteiger partial charge on any atom is -0.494 e. The Morgan fingerprint density at radius 2 is 2.27 bits per heavy atom. The van der Waals surface area contributed by atoms with E-state index in [1.165, 1.54) is 0 Å². The SMILES string of the molecule is COc1c(C(F)F)cc(I)nc1C(=O)O. The Kier molecular flexibility index (Phi) is 3.77. The first-order valence-corrected chi connectivity index (χ1v) is 4.81. The second-order valence-electron chi connectivity index (χ2n) is 2.52. The molecule has 0 saturated carbocycles. The highest BCUT2D eigenvalue weighted by Gasteiger charge is 2.23. The van der Waals surface area contributed by atoms with E-state index in [9.17, 15) is 13.6 Å². The largest absolute Gasteiger partial charge is 0.494 e. The molecule has 0 radical (unpaired) electrons. The molecule has 7 heteroatoms. The molecule has 0 aromatic carbocycles. The van der Waals surface area contributed by atoms with Crippen molar-refractivity contribution in [3.63, 3.8) is 0 Å². The number of alkyl halides is 2. The van der Waals surface area contributed by atoms with E-state index >= 15 is 0 Å². The summed E-state index contributed by atoms with van der Waals surface area (Å²) in [6, 6.07) is 1.09. The van der Waals surface area contributed by atoms with Crippen molar-refractivity contribution in [2.75, 3.05) is 7.11 Å². The molecule has 4 nitrogen and oxygen atoms in total. The van der Waals surface area contributed by atoms with Crippen LogP contribution in [0.1, 0.15) is 22.5 Å². The normalized spacial score (nSPS) is 10.5. The highest BCUT2D eigenvalue weighted by molar-refractivity contribution is 14.1. The van der Waals surface area contributed by atoms with E-state index < -0.39 is 29.4 Å². The first kappa shape index (κ1) is 12.1. The quantitative estimate of drug-likeness (QED) is 0.683. The molecule has 0 aliphatic rings. The smallest absolute Gasteiger partial charge is 0.358 e. The number of carboxylic acid groups (broad SMARTS) is 1. The van der Waals surface area contributed by atoms with Gasteiger partial charge in [-0.2, -0.15) is 0 Å². The van der Waals surface area contributed by atoms with Crippen LogP contribution in [0, 0.1) is 3.70 Å². The molecule has 0 unspecified atom stereocenters. The molecule has 0 bridgehead atoms. The molecule has 0 fully saturated rings. The Labute approximate surface area is 97.4 Å². The summed E-state index contributed by atoms with van der Waals surface area (Å²) < 4.78 is 29.9. The fourth-order valence-corrected chi connectivity index (χ4v) is 1.62. The van der Waals surface area contributed by atoms with Gasteiger partial charge in [-0.25, -0.2) is 18.6 Å². The second kappa shape index (κ2) is 4.69. The van der Waals surface area contributed by atoms with Gasteiger partial charge in [-0.15, -0.1) is 0 Å². The maximum atomic E-state index is 12.5. The Balaban J connectivity index is 3.45. The predicted molar refractivity (Wildman–Crippen MR) is 55.4 cm³/mol. The highest BCUT2D eigenvalue weighted by atomic mass is 127. The number of rotatable bonds is 3. The van der Waals surface area contributed by atoms with E-state index in [0.717, 1.165) is 13.2 Å². The van der Waals surface area contributed by atoms with Crippen molar-refractivity contribution in [3.05, 3.63) is 21.0 Å². The Bertz CT molecular complexity index is 398. The third kappa shape index (κ3) is 2.52. The van der Waals surface area contributed by atoms with Gasteiger partial charge in [0.1, 0.15) is 3.70 Å². The van der Waals surface area contributed by atoms with E-state index in [0.29, 0.717) is 0 Å². The van der Waals surface area contributed by atoms with E-state index in [2.05, 4.69) is 9.72 Å². The maximum Gasteiger partial charge on any atom is 0.358 e. The molecular formula is C8H6F2INO3. The third-order valence-electron chi connectivity index (χ3n) is 1.61. The van der Waals surface area contributed by atoms with Crippen LogP contribution in [-0.2, 0) is 0 Å². The maximum absolute atomic E-state index is 12.5. The van der Waals surface area contributed by atoms with Crippen LogP contribution >= 0.6 is 22.6 Å². The molecule has 0 atom stereocenters. The minimum absolute atomic E-state index is 0.182. The first-order chi connectivity index (χ1) is 6.97. The summed E-state index contributed by atoms with van der Waals surface area (Å²) in [5.74, 6) is -1.79. The highest BCUT2D eigenvalue weighted by Crippen LogP contribution is 2.32. The summed E-state index contributed by atoms with van der Waals surface area (Å²) in [7, 11) is 1.13. The number of pyridine rings is 1. The van der Waals surface area contributed by atoms with Gasteiger partial charge in [0.05, 0.1) is 12.7 Å². The lowest BCUT2D eigenvalue weighted by Crippen LogP contribution is -2.08. The molecule has 0 amide bonds. The summed E-state index contributed by atoms with van der Waals surface area (Å²) in [4.78, 5) is 14.3. The van der Waals surface area contributed by atoms with Crippen molar-refractivity contribution in [3.8, 4) is 5.75 Å². The molecule has 0 aliphatic heterocycles. The average Bonchev–Trinajstić information content (AvgIpc) is 2.16. The summed E-state index contributed by atoms with van der Waals surface area (Å²) in [5.41, 5.74) is -0.964. The number of ether oxygens (including phenoxy) is 1. The molecule has 82 valence electrons. The molecule has 0 aliphatic carbocycles. The summed E-state index contributed by atoms with van der Waals surface area (Å²) >= 11 is 1.67. The Hall–Kier alpha value is -0.990. The number of methoxy groups -OCH3 is 1. The fourth-order valence-electron chi connectivity index (χ4n) is 1.04. The first-order valence-electron chi connectivity index (χ1n) is 3.73. The van der Waals surface area contributed by atoms with Gasteiger partial charge < -0.3 is 9.84 Å². The van der Waals surface area contributed by atoms with E-state index in [1.54, 1.807) is 22.6 Å². The van der Waals surface area contributed by atoms with Crippen LogP contribution in [0.3, 0.4) is 0 Å². The molecule has 0 saturated heterocycles. The van der Waals surface area contributed by atoms with Crippen molar-refractivity contribution >= 4 is 28.6 Å². The van der Waals surface area contributed by atoms with Gasteiger partial charge in [0.25, 0.3) is 6.43 Å². The van der Waals surface area contributed by atoms with Gasteiger partial charge in [-0.3, -0.25) is 0 Å². The van der Waals surface area contributed by atoms with Gasteiger partial charge in [-0.1, -0.05) is 0 Å². The van der Waals surface area contributed by atoms with Gasteiger partial charge in [0.15, 0.2) is 11.4 Å². The van der Waals surface area contributed by atoms with Crippen LogP contribution in [-0.4, -0.2) is 23.2 Å². The molecule has 15 heavy (non-hydrogen) atoms. The average molecular weight is 329 g/mol. The van der Waals surface area contributed by atoms with Crippen molar-refractivity contribution in [2.24, 2.45) is 0 Å². The lowest BCUT2D eigenvalue weighted by molar-refractivity contribution is 0.0685. The van der Waals surface area contributed by atoms with Gasteiger partial charge in [-0.05, 0) is 28.7 Å². The van der Waals surface area contributed by atoms with E-state index in [-0.39, 0.29) is 3.70 Å². The zero-order valence-corrected chi connectivity index (χ0v) is 9.66. The third-order valence-corrected chi connectivity index (χ3v) is 2.16. The number of carboxylic acids is 1. The van der Waals surface area contributed by atoms with Crippen molar-refractivity contribution in [1.82, 2.24) is 4.98 Å². The molecular weight excluding hydrogens is 323 g/mol. The van der Waals surface area contributed by atoms with Crippen molar-refractivity contribution in [1.29, 1.82) is 0 Å². The molecule has 1 aromatic heterocycles. The van der Waals surface area contributed by atoms with Crippen LogP contribution in [0.5, 0.6) is 5.75 Å². The lowest BCUT2D eigenvalue weighted by atomic mass is 10.2. The zero-order chi connectivity index (χ0) is 11.6. The zero-order valence-electron chi connectivity index (χ0n) is 7.50. The molecule has 0 spiro atoms. The molecule has 1 N–H and O–H groups in total. The van der Waals surface area contributed by atoms with Gasteiger partial charge >= 0.3 is 5.97 Å². The molecule has 1 heterocycles. The topological polar surface area (TPSA) is 59.4 Å². The van der Waals surface area contributed by atoms with Crippen molar-refractivity contribution in [2.45, 2.75) is 6.43 Å². The number of aromatic nitrogens is 1. The number of hydrogen-bond donors (Lipinski definition) is 1. The van der Waals surface area contributed by atoms with Crippen LogP contribution < -0.4 is 4.74 Å². The minimum atomic E-state index is -2.80. The standard InChI is InChI=1S/C8H6F2INO3/c1-15-6-3(7(9)10)2-4(11)12-5(6)8(13)14/h2,7H,1H3,(H,13,14). The van der Waals surface area contributed by atoms with Crippen molar-refractivity contribution < 1.29 is 23.4 Å². The molecule has 1 aromatic rings.